The van der Waals surface area contributed by atoms with Crippen LogP contribution >= 0.6 is 23.4 Å². The van der Waals surface area contributed by atoms with Gasteiger partial charge in [0, 0.05) is 16.7 Å². The Morgan fingerprint density at radius 3 is 2.96 bits per heavy atom. The standard InChI is InChI=1S/C14H11ClN6O2S/c15-9-3-1-2-8(4-9)10-5-11(22)20-14(18-10)24-6-12(23)19-13-16-7-17-21-13/h1-5,7H,6H2,(H,18,20,22)(H2,16,17,19,21,23). The average Bonchev–Trinajstić information content (AvgIpc) is 3.05. The first-order valence-corrected chi connectivity index (χ1v) is 8.12. The molecule has 2 heterocycles. The number of benzene rings is 1. The van der Waals surface area contributed by atoms with Crippen LogP contribution in [0.5, 0.6) is 0 Å². The lowest BCUT2D eigenvalue weighted by Gasteiger charge is -2.05. The fourth-order valence-electron chi connectivity index (χ4n) is 1.87. The SMILES string of the molecule is O=C(CSc1nc(-c2cccc(Cl)c2)cc(=O)[nH]1)Nc1ncn[nH]1. The molecule has 122 valence electrons. The number of aromatic amines is 2. The highest BCUT2D eigenvalue weighted by Crippen LogP contribution is 2.21. The monoisotopic (exact) mass is 362 g/mol. The normalized spacial score (nSPS) is 10.5. The van der Waals surface area contributed by atoms with E-state index >= 15 is 0 Å². The molecule has 0 saturated heterocycles. The van der Waals surface area contributed by atoms with E-state index in [-0.39, 0.29) is 23.2 Å². The first-order valence-electron chi connectivity index (χ1n) is 6.75. The molecule has 0 atom stereocenters. The van der Waals surface area contributed by atoms with Gasteiger partial charge in [-0.2, -0.15) is 10.1 Å². The predicted octanol–water partition coefficient (Wildman–Crippen LogP) is 1.94. The van der Waals surface area contributed by atoms with E-state index in [1.165, 1.54) is 12.4 Å². The van der Waals surface area contributed by atoms with Gasteiger partial charge in [0.05, 0.1) is 11.4 Å². The maximum absolute atomic E-state index is 11.8. The van der Waals surface area contributed by atoms with E-state index in [1.54, 1.807) is 24.3 Å². The molecular formula is C14H11ClN6O2S. The van der Waals surface area contributed by atoms with Crippen LogP contribution in [0.15, 0.2) is 46.6 Å². The van der Waals surface area contributed by atoms with Crippen molar-refractivity contribution in [2.75, 3.05) is 11.1 Å². The fraction of sp³-hybridized carbons (Fsp3) is 0.0714. The summed E-state index contributed by atoms with van der Waals surface area (Å²) in [5.74, 6) is 0.0186. The first kappa shape index (κ1) is 16.2. The Morgan fingerprint density at radius 1 is 1.33 bits per heavy atom. The highest BCUT2D eigenvalue weighted by molar-refractivity contribution is 7.99. The Labute approximate surface area is 145 Å². The largest absolute Gasteiger partial charge is 0.301 e. The summed E-state index contributed by atoms with van der Waals surface area (Å²) in [6, 6.07) is 8.41. The lowest BCUT2D eigenvalue weighted by molar-refractivity contribution is -0.113. The minimum atomic E-state index is -0.307. The molecule has 0 aliphatic carbocycles. The van der Waals surface area contributed by atoms with Crippen LogP contribution < -0.4 is 10.9 Å². The van der Waals surface area contributed by atoms with E-state index in [0.717, 1.165) is 17.3 Å². The fourth-order valence-corrected chi connectivity index (χ4v) is 2.73. The minimum absolute atomic E-state index is 0.0582. The van der Waals surface area contributed by atoms with E-state index in [0.29, 0.717) is 15.9 Å². The third-order valence-electron chi connectivity index (χ3n) is 2.85. The molecule has 0 aliphatic heterocycles. The highest BCUT2D eigenvalue weighted by Gasteiger charge is 2.09. The Bertz CT molecular complexity index is 912. The van der Waals surface area contributed by atoms with Crippen molar-refractivity contribution < 1.29 is 4.79 Å². The van der Waals surface area contributed by atoms with Gasteiger partial charge in [0.2, 0.25) is 11.9 Å². The molecule has 10 heteroatoms. The molecule has 0 spiro atoms. The Hall–Kier alpha value is -2.65. The summed E-state index contributed by atoms with van der Waals surface area (Å²) in [4.78, 5) is 34.4. The molecule has 1 aromatic carbocycles. The lowest BCUT2D eigenvalue weighted by Crippen LogP contribution is -2.16. The molecule has 24 heavy (non-hydrogen) atoms. The highest BCUT2D eigenvalue weighted by atomic mass is 35.5. The lowest BCUT2D eigenvalue weighted by atomic mass is 10.1. The number of hydrogen-bond donors (Lipinski definition) is 3. The number of carbonyl (C=O) groups excluding carboxylic acids is 1. The van der Waals surface area contributed by atoms with Gasteiger partial charge in [-0.1, -0.05) is 35.5 Å². The second-order valence-corrected chi connectivity index (χ2v) is 6.02. The zero-order valence-electron chi connectivity index (χ0n) is 12.1. The van der Waals surface area contributed by atoms with Gasteiger partial charge in [-0.15, -0.1) is 0 Å². The van der Waals surface area contributed by atoms with Gasteiger partial charge in [0.15, 0.2) is 5.16 Å². The maximum atomic E-state index is 11.8. The summed E-state index contributed by atoms with van der Waals surface area (Å²) in [5, 5.41) is 9.58. The summed E-state index contributed by atoms with van der Waals surface area (Å²) in [6.45, 7) is 0. The molecule has 0 aliphatic rings. The number of aromatic nitrogens is 5. The number of amides is 1. The third-order valence-corrected chi connectivity index (χ3v) is 3.96. The van der Waals surface area contributed by atoms with Crippen LogP contribution in [-0.2, 0) is 4.79 Å². The van der Waals surface area contributed by atoms with E-state index in [9.17, 15) is 9.59 Å². The van der Waals surface area contributed by atoms with Crippen molar-refractivity contribution in [2.45, 2.75) is 5.16 Å². The Balaban J connectivity index is 1.72. The van der Waals surface area contributed by atoms with Crippen molar-refractivity contribution in [3.8, 4) is 11.3 Å². The quantitative estimate of drug-likeness (QED) is 0.471. The zero-order chi connectivity index (χ0) is 16.9. The van der Waals surface area contributed by atoms with Crippen LogP contribution in [-0.4, -0.2) is 36.8 Å². The number of H-pyrrole nitrogens is 2. The van der Waals surface area contributed by atoms with Gasteiger partial charge in [-0.3, -0.25) is 14.9 Å². The molecule has 1 amide bonds. The summed E-state index contributed by atoms with van der Waals surface area (Å²) in [7, 11) is 0. The Kier molecular flexibility index (Phi) is 4.92. The predicted molar refractivity (Wildman–Crippen MR) is 91.0 cm³/mol. The van der Waals surface area contributed by atoms with Crippen LogP contribution in [0.25, 0.3) is 11.3 Å². The molecule has 3 rings (SSSR count). The van der Waals surface area contributed by atoms with Crippen LogP contribution in [0.2, 0.25) is 5.02 Å². The van der Waals surface area contributed by atoms with Crippen LogP contribution in [0.4, 0.5) is 5.95 Å². The molecule has 3 N–H and O–H groups in total. The van der Waals surface area contributed by atoms with Gasteiger partial charge >= 0.3 is 0 Å². The van der Waals surface area contributed by atoms with Crippen LogP contribution in [0.1, 0.15) is 0 Å². The minimum Gasteiger partial charge on any atom is -0.301 e. The van der Waals surface area contributed by atoms with Crippen molar-refractivity contribution in [3.05, 3.63) is 52.0 Å². The summed E-state index contributed by atoms with van der Waals surface area (Å²) in [6.07, 6.45) is 1.29. The molecule has 2 aromatic heterocycles. The van der Waals surface area contributed by atoms with E-state index in [1.807, 2.05) is 0 Å². The Morgan fingerprint density at radius 2 is 2.21 bits per heavy atom. The van der Waals surface area contributed by atoms with E-state index in [2.05, 4.69) is 30.5 Å². The molecule has 3 aromatic rings. The summed E-state index contributed by atoms with van der Waals surface area (Å²) in [5.41, 5.74) is 0.902. The first-order chi connectivity index (χ1) is 11.6. The number of thioether (sulfide) groups is 1. The number of nitrogens with one attached hydrogen (secondary N) is 3. The van der Waals surface area contributed by atoms with E-state index < -0.39 is 0 Å². The van der Waals surface area contributed by atoms with E-state index in [4.69, 9.17) is 11.6 Å². The molecule has 0 saturated carbocycles. The number of carbonyl (C=O) groups is 1. The second-order valence-electron chi connectivity index (χ2n) is 4.62. The van der Waals surface area contributed by atoms with Gasteiger partial charge in [-0.25, -0.2) is 10.1 Å². The van der Waals surface area contributed by atoms with Crippen molar-refractivity contribution >= 4 is 35.2 Å². The maximum Gasteiger partial charge on any atom is 0.252 e. The zero-order valence-corrected chi connectivity index (χ0v) is 13.7. The van der Waals surface area contributed by atoms with Gasteiger partial charge < -0.3 is 4.98 Å². The summed E-state index contributed by atoms with van der Waals surface area (Å²) < 4.78 is 0. The number of halogens is 1. The summed E-state index contributed by atoms with van der Waals surface area (Å²) >= 11 is 7.06. The molecule has 8 nitrogen and oxygen atoms in total. The van der Waals surface area contributed by atoms with Crippen LogP contribution in [0.3, 0.4) is 0 Å². The molecular weight excluding hydrogens is 352 g/mol. The molecule has 0 fully saturated rings. The molecule has 0 unspecified atom stereocenters. The number of nitrogens with zero attached hydrogens (tertiary/aromatic N) is 3. The average molecular weight is 363 g/mol. The van der Waals surface area contributed by atoms with Gasteiger partial charge in [-0.05, 0) is 12.1 Å². The second kappa shape index (κ2) is 7.28. The van der Waals surface area contributed by atoms with Crippen molar-refractivity contribution in [2.24, 2.45) is 0 Å². The van der Waals surface area contributed by atoms with Crippen LogP contribution in [0, 0.1) is 0 Å². The smallest absolute Gasteiger partial charge is 0.252 e. The number of rotatable bonds is 5. The van der Waals surface area contributed by atoms with Gasteiger partial charge in [0.25, 0.3) is 5.56 Å². The third kappa shape index (κ3) is 4.21. The molecule has 0 bridgehead atoms. The topological polar surface area (TPSA) is 116 Å². The number of anilines is 1. The number of hydrogen-bond acceptors (Lipinski definition) is 6. The van der Waals surface area contributed by atoms with Gasteiger partial charge in [0.1, 0.15) is 6.33 Å². The van der Waals surface area contributed by atoms with Crippen molar-refractivity contribution in [3.63, 3.8) is 0 Å². The van der Waals surface area contributed by atoms with Crippen molar-refractivity contribution in [1.29, 1.82) is 0 Å². The van der Waals surface area contributed by atoms with Crippen molar-refractivity contribution in [1.82, 2.24) is 25.1 Å². The molecule has 0 radical (unpaired) electrons.